The number of hydrogen-bond donors (Lipinski definition) is 2. The summed E-state index contributed by atoms with van der Waals surface area (Å²) in [6, 6.07) is 11.3. The van der Waals surface area contributed by atoms with E-state index in [1.807, 2.05) is 48.1 Å². The van der Waals surface area contributed by atoms with Crippen LogP contribution in [0, 0.1) is 6.92 Å². The van der Waals surface area contributed by atoms with Gasteiger partial charge in [0.2, 0.25) is 5.88 Å². The molecule has 0 aliphatic heterocycles. The number of hydrogen-bond acceptors (Lipinski definition) is 5. The van der Waals surface area contributed by atoms with Crippen LogP contribution in [0.3, 0.4) is 0 Å². The van der Waals surface area contributed by atoms with Gasteiger partial charge in [-0.05, 0) is 42.8 Å². The van der Waals surface area contributed by atoms with Gasteiger partial charge in [0.25, 0.3) is 0 Å². The molecule has 0 bridgehead atoms. The van der Waals surface area contributed by atoms with Crippen LogP contribution in [0.25, 0.3) is 16.9 Å². The van der Waals surface area contributed by atoms with E-state index in [4.69, 9.17) is 14.6 Å². The second kappa shape index (κ2) is 8.22. The maximum atomic E-state index is 10.4. The van der Waals surface area contributed by atoms with E-state index in [2.05, 4.69) is 15.4 Å². The lowest BCUT2D eigenvalue weighted by Crippen LogP contribution is -2.26. The van der Waals surface area contributed by atoms with E-state index in [0.717, 1.165) is 22.5 Å². The van der Waals surface area contributed by atoms with E-state index in [9.17, 15) is 4.79 Å². The molecule has 0 spiro atoms. The molecule has 0 fully saturated rings. The molecule has 0 unspecified atom stereocenters. The van der Waals surface area contributed by atoms with E-state index in [1.54, 1.807) is 19.4 Å². The van der Waals surface area contributed by atoms with Crippen LogP contribution in [0.5, 0.6) is 11.6 Å². The number of aromatic nitrogens is 3. The Morgan fingerprint density at radius 2 is 1.96 bits per heavy atom. The summed E-state index contributed by atoms with van der Waals surface area (Å²) in [5, 5.41) is 15.3. The lowest BCUT2D eigenvalue weighted by molar-refractivity contribution is 0.191. The highest BCUT2D eigenvalue weighted by Gasteiger charge is 2.12. The van der Waals surface area contributed by atoms with Crippen LogP contribution in [-0.4, -0.2) is 46.2 Å². The molecule has 2 heterocycles. The molecule has 3 aromatic rings. The maximum absolute atomic E-state index is 10.4. The summed E-state index contributed by atoms with van der Waals surface area (Å²) in [7, 11) is 1.58. The topological polar surface area (TPSA) is 98.5 Å². The predicted molar refractivity (Wildman–Crippen MR) is 99.6 cm³/mol. The highest BCUT2D eigenvalue weighted by atomic mass is 16.5. The normalized spacial score (nSPS) is 10.4. The zero-order valence-corrected chi connectivity index (χ0v) is 15.0. The van der Waals surface area contributed by atoms with Crippen molar-refractivity contribution in [3.63, 3.8) is 0 Å². The molecule has 140 valence electrons. The van der Waals surface area contributed by atoms with Crippen LogP contribution in [-0.2, 0) is 0 Å². The number of pyridine rings is 1. The molecule has 0 atom stereocenters. The Balaban J connectivity index is 1.78. The SMILES string of the molecule is COc1ccc(-n2ncc(C)c2-c2ccc(OCCNC(=O)O)cc2)cn1. The van der Waals surface area contributed by atoms with E-state index >= 15 is 0 Å². The average molecular weight is 368 g/mol. The van der Waals surface area contributed by atoms with Crippen molar-refractivity contribution in [2.45, 2.75) is 6.92 Å². The predicted octanol–water partition coefficient (Wildman–Crippen LogP) is 2.90. The first-order valence-electron chi connectivity index (χ1n) is 8.33. The number of nitrogens with zero attached hydrogens (tertiary/aromatic N) is 3. The Labute approximate surface area is 156 Å². The van der Waals surface area contributed by atoms with Gasteiger partial charge in [-0.15, -0.1) is 0 Å². The molecule has 0 saturated carbocycles. The third-order valence-electron chi connectivity index (χ3n) is 3.90. The summed E-state index contributed by atoms with van der Waals surface area (Å²) in [5.41, 5.74) is 3.81. The van der Waals surface area contributed by atoms with Gasteiger partial charge in [0, 0.05) is 11.6 Å². The van der Waals surface area contributed by atoms with Crippen LogP contribution in [0.4, 0.5) is 4.79 Å². The van der Waals surface area contributed by atoms with Crippen LogP contribution >= 0.6 is 0 Å². The first-order valence-corrected chi connectivity index (χ1v) is 8.33. The van der Waals surface area contributed by atoms with Gasteiger partial charge < -0.3 is 19.9 Å². The van der Waals surface area contributed by atoms with Crippen molar-refractivity contribution in [1.29, 1.82) is 0 Å². The Kier molecular flexibility index (Phi) is 5.55. The number of methoxy groups -OCH3 is 1. The Hall–Kier alpha value is -3.55. The van der Waals surface area contributed by atoms with Gasteiger partial charge in [0.1, 0.15) is 12.4 Å². The number of carbonyl (C=O) groups is 1. The minimum atomic E-state index is -1.06. The Morgan fingerprint density at radius 1 is 1.19 bits per heavy atom. The molecular weight excluding hydrogens is 348 g/mol. The average Bonchev–Trinajstić information content (AvgIpc) is 3.07. The van der Waals surface area contributed by atoms with Gasteiger partial charge >= 0.3 is 6.09 Å². The minimum Gasteiger partial charge on any atom is -0.492 e. The van der Waals surface area contributed by atoms with Gasteiger partial charge in [-0.2, -0.15) is 5.10 Å². The van der Waals surface area contributed by atoms with E-state index in [-0.39, 0.29) is 13.2 Å². The quantitative estimate of drug-likeness (QED) is 0.622. The van der Waals surface area contributed by atoms with Gasteiger partial charge in [-0.25, -0.2) is 14.5 Å². The number of nitrogens with one attached hydrogen (secondary N) is 1. The first kappa shape index (κ1) is 18.2. The van der Waals surface area contributed by atoms with Gasteiger partial charge in [-0.3, -0.25) is 0 Å². The fourth-order valence-electron chi connectivity index (χ4n) is 2.63. The number of aryl methyl sites for hydroxylation is 1. The van der Waals surface area contributed by atoms with Crippen molar-refractivity contribution in [3.8, 4) is 28.6 Å². The molecule has 0 aliphatic carbocycles. The highest BCUT2D eigenvalue weighted by molar-refractivity contribution is 5.66. The highest BCUT2D eigenvalue weighted by Crippen LogP contribution is 2.28. The molecule has 3 rings (SSSR count). The summed E-state index contributed by atoms with van der Waals surface area (Å²) in [6.45, 7) is 2.49. The fourth-order valence-corrected chi connectivity index (χ4v) is 2.63. The van der Waals surface area contributed by atoms with Crippen molar-refractivity contribution in [2.24, 2.45) is 0 Å². The summed E-state index contributed by atoms with van der Waals surface area (Å²) in [5.74, 6) is 1.21. The van der Waals surface area contributed by atoms with Crippen LogP contribution in [0.1, 0.15) is 5.56 Å². The van der Waals surface area contributed by atoms with Gasteiger partial charge in [-0.1, -0.05) is 0 Å². The molecule has 2 N–H and O–H groups in total. The number of rotatable bonds is 7. The second-order valence-electron chi connectivity index (χ2n) is 5.75. The molecule has 2 aromatic heterocycles. The zero-order valence-electron chi connectivity index (χ0n) is 15.0. The van der Waals surface area contributed by atoms with Crippen molar-refractivity contribution in [3.05, 3.63) is 54.4 Å². The second-order valence-corrected chi connectivity index (χ2v) is 5.75. The van der Waals surface area contributed by atoms with E-state index in [0.29, 0.717) is 11.6 Å². The molecule has 1 aromatic carbocycles. The maximum Gasteiger partial charge on any atom is 0.404 e. The van der Waals surface area contributed by atoms with E-state index < -0.39 is 6.09 Å². The van der Waals surface area contributed by atoms with Crippen LogP contribution in [0.2, 0.25) is 0 Å². The van der Waals surface area contributed by atoms with Crippen LogP contribution < -0.4 is 14.8 Å². The Bertz CT molecular complexity index is 904. The van der Waals surface area contributed by atoms with E-state index in [1.165, 1.54) is 0 Å². The number of carboxylic acid groups (broad SMARTS) is 1. The lowest BCUT2D eigenvalue weighted by atomic mass is 10.1. The summed E-state index contributed by atoms with van der Waals surface area (Å²) in [6.07, 6.45) is 2.45. The molecule has 8 heteroatoms. The monoisotopic (exact) mass is 368 g/mol. The molecule has 0 radical (unpaired) electrons. The number of benzene rings is 1. The molecule has 1 amide bonds. The summed E-state index contributed by atoms with van der Waals surface area (Å²) < 4.78 is 12.5. The lowest BCUT2D eigenvalue weighted by Gasteiger charge is -2.11. The smallest absolute Gasteiger partial charge is 0.404 e. The summed E-state index contributed by atoms with van der Waals surface area (Å²) in [4.78, 5) is 14.7. The van der Waals surface area contributed by atoms with Crippen molar-refractivity contribution in [2.75, 3.05) is 20.3 Å². The molecule has 27 heavy (non-hydrogen) atoms. The van der Waals surface area contributed by atoms with Gasteiger partial charge in [0.05, 0.1) is 37.4 Å². The van der Waals surface area contributed by atoms with Crippen molar-refractivity contribution >= 4 is 6.09 Å². The third kappa shape index (κ3) is 4.35. The number of amides is 1. The van der Waals surface area contributed by atoms with Gasteiger partial charge in [0.15, 0.2) is 0 Å². The summed E-state index contributed by atoms with van der Waals surface area (Å²) >= 11 is 0. The first-order chi connectivity index (χ1) is 13.1. The molecular formula is C19H20N4O4. The van der Waals surface area contributed by atoms with Crippen molar-refractivity contribution in [1.82, 2.24) is 20.1 Å². The number of ether oxygens (including phenoxy) is 2. The molecule has 0 aliphatic rings. The zero-order chi connectivity index (χ0) is 19.2. The van der Waals surface area contributed by atoms with Crippen molar-refractivity contribution < 1.29 is 19.4 Å². The molecule has 0 saturated heterocycles. The molecule has 8 nitrogen and oxygen atoms in total. The third-order valence-corrected chi connectivity index (χ3v) is 3.90. The fraction of sp³-hybridized carbons (Fsp3) is 0.211. The minimum absolute atomic E-state index is 0.230. The van der Waals surface area contributed by atoms with Crippen LogP contribution in [0.15, 0.2) is 48.8 Å². The standard InChI is InChI=1S/C19H20N4O4/c1-13-11-22-23(15-5-8-17(26-2)21-12-15)18(13)14-3-6-16(7-4-14)27-10-9-20-19(24)25/h3-8,11-12,20H,9-10H2,1-2H3,(H,24,25). The Morgan fingerprint density at radius 3 is 2.59 bits per heavy atom. The largest absolute Gasteiger partial charge is 0.492 e.